The summed E-state index contributed by atoms with van der Waals surface area (Å²) >= 11 is 0. The number of amides is 1. The summed E-state index contributed by atoms with van der Waals surface area (Å²) in [7, 11) is 0. The van der Waals surface area contributed by atoms with Gasteiger partial charge in [0.1, 0.15) is 0 Å². The maximum absolute atomic E-state index is 10.9. The van der Waals surface area contributed by atoms with E-state index >= 15 is 0 Å². The highest BCUT2D eigenvalue weighted by molar-refractivity contribution is 5.74. The SMILES string of the molecule is CC(=O)NC(C)(C)c1ccccc1.CC(C)(N)c1ccccc1.NCCN. The highest BCUT2D eigenvalue weighted by Crippen LogP contribution is 2.18. The number of nitrogens with two attached hydrogens (primary N) is 3. The van der Waals surface area contributed by atoms with Crippen LogP contribution in [0, 0.1) is 0 Å². The normalized spacial score (nSPS) is 10.7. The van der Waals surface area contributed by atoms with Crippen LogP contribution < -0.4 is 22.5 Å². The molecule has 2 aromatic rings. The monoisotopic (exact) mass is 372 g/mol. The van der Waals surface area contributed by atoms with Crippen LogP contribution >= 0.6 is 0 Å². The molecular formula is C22H36N4O. The van der Waals surface area contributed by atoms with Gasteiger partial charge in [0.05, 0.1) is 5.54 Å². The van der Waals surface area contributed by atoms with Crippen LogP contribution in [0.1, 0.15) is 45.7 Å². The van der Waals surface area contributed by atoms with Crippen LogP contribution in [0.2, 0.25) is 0 Å². The van der Waals surface area contributed by atoms with Gasteiger partial charge in [0, 0.05) is 25.6 Å². The van der Waals surface area contributed by atoms with Crippen molar-refractivity contribution in [3.05, 3.63) is 71.8 Å². The molecule has 2 rings (SSSR count). The molecule has 0 heterocycles. The van der Waals surface area contributed by atoms with Crippen LogP contribution in [0.15, 0.2) is 60.7 Å². The molecule has 0 spiro atoms. The maximum Gasteiger partial charge on any atom is 0.217 e. The Balaban J connectivity index is 0.000000428. The van der Waals surface area contributed by atoms with Crippen molar-refractivity contribution in [2.24, 2.45) is 17.2 Å². The van der Waals surface area contributed by atoms with E-state index in [1.54, 1.807) is 0 Å². The van der Waals surface area contributed by atoms with Crippen molar-refractivity contribution < 1.29 is 4.79 Å². The summed E-state index contributed by atoms with van der Waals surface area (Å²) in [5, 5.41) is 2.90. The Labute approximate surface area is 164 Å². The van der Waals surface area contributed by atoms with Gasteiger partial charge in [0.2, 0.25) is 5.91 Å². The molecule has 0 aliphatic heterocycles. The van der Waals surface area contributed by atoms with E-state index in [1.807, 2.05) is 88.4 Å². The molecule has 2 aromatic carbocycles. The van der Waals surface area contributed by atoms with Gasteiger partial charge in [-0.3, -0.25) is 4.79 Å². The van der Waals surface area contributed by atoms with Crippen molar-refractivity contribution in [2.75, 3.05) is 13.1 Å². The molecule has 0 saturated carbocycles. The van der Waals surface area contributed by atoms with Crippen LogP contribution in [0.5, 0.6) is 0 Å². The average Bonchev–Trinajstić information content (AvgIpc) is 2.62. The van der Waals surface area contributed by atoms with Crippen molar-refractivity contribution in [1.29, 1.82) is 0 Å². The highest BCUT2D eigenvalue weighted by atomic mass is 16.1. The van der Waals surface area contributed by atoms with Gasteiger partial charge in [-0.1, -0.05) is 60.7 Å². The number of carbonyl (C=O) groups is 1. The van der Waals surface area contributed by atoms with Crippen molar-refractivity contribution >= 4 is 5.91 Å². The van der Waals surface area contributed by atoms with Gasteiger partial charge in [0.25, 0.3) is 0 Å². The summed E-state index contributed by atoms with van der Waals surface area (Å²) in [5.74, 6) is -0.00569. The standard InChI is InChI=1S/C11H15NO.C9H13N.C2H8N2/c1-9(13)12-11(2,3)10-7-5-4-6-8-10;1-9(2,10)8-6-4-3-5-7-8;3-1-2-4/h4-8H,1-3H3,(H,12,13);3-7H,10H2,1-2H3;1-4H2. The second kappa shape index (κ2) is 12.2. The molecule has 0 unspecified atom stereocenters. The maximum atomic E-state index is 10.9. The fourth-order valence-corrected chi connectivity index (χ4v) is 2.23. The summed E-state index contributed by atoms with van der Waals surface area (Å²) in [6.45, 7) is 10.7. The first-order chi connectivity index (χ1) is 12.5. The number of rotatable bonds is 4. The Kier molecular flexibility index (Phi) is 11.2. The van der Waals surface area contributed by atoms with Crippen molar-refractivity contribution in [3.63, 3.8) is 0 Å². The molecule has 0 saturated heterocycles. The van der Waals surface area contributed by atoms with Crippen LogP contribution in [0.25, 0.3) is 0 Å². The molecule has 0 fully saturated rings. The minimum absolute atomic E-state index is 0.00569. The second-order valence-corrected chi connectivity index (χ2v) is 7.34. The Morgan fingerprint density at radius 2 is 1.19 bits per heavy atom. The van der Waals surface area contributed by atoms with Gasteiger partial charge >= 0.3 is 0 Å². The lowest BCUT2D eigenvalue weighted by molar-refractivity contribution is -0.120. The zero-order chi connectivity index (χ0) is 20.9. The van der Waals surface area contributed by atoms with E-state index in [0.29, 0.717) is 13.1 Å². The fraction of sp³-hybridized carbons (Fsp3) is 0.409. The zero-order valence-corrected chi connectivity index (χ0v) is 17.3. The molecule has 1 amide bonds. The van der Waals surface area contributed by atoms with E-state index < -0.39 is 0 Å². The van der Waals surface area contributed by atoms with Gasteiger partial charge in [-0.05, 0) is 38.8 Å². The number of hydrogen-bond donors (Lipinski definition) is 4. The van der Waals surface area contributed by atoms with Crippen LogP contribution in [-0.2, 0) is 15.9 Å². The molecule has 7 N–H and O–H groups in total. The Morgan fingerprint density at radius 1 is 0.815 bits per heavy atom. The van der Waals surface area contributed by atoms with E-state index in [9.17, 15) is 4.79 Å². The van der Waals surface area contributed by atoms with Crippen molar-refractivity contribution in [2.45, 2.75) is 45.7 Å². The van der Waals surface area contributed by atoms with Crippen molar-refractivity contribution in [1.82, 2.24) is 5.32 Å². The predicted molar refractivity (Wildman–Crippen MR) is 115 cm³/mol. The molecular weight excluding hydrogens is 336 g/mol. The third kappa shape index (κ3) is 11.2. The largest absolute Gasteiger partial charge is 0.347 e. The Morgan fingerprint density at radius 3 is 1.44 bits per heavy atom. The molecule has 0 radical (unpaired) electrons. The Hall–Kier alpha value is -2.21. The smallest absolute Gasteiger partial charge is 0.217 e. The number of hydrogen-bond acceptors (Lipinski definition) is 4. The van der Waals surface area contributed by atoms with E-state index in [2.05, 4.69) is 5.32 Å². The predicted octanol–water partition coefficient (Wildman–Crippen LogP) is 2.84. The molecule has 0 bridgehead atoms. The summed E-state index contributed by atoms with van der Waals surface area (Å²) in [5.41, 5.74) is 17.5. The molecule has 0 aliphatic rings. The summed E-state index contributed by atoms with van der Waals surface area (Å²) in [6, 6.07) is 20.0. The van der Waals surface area contributed by atoms with E-state index in [4.69, 9.17) is 17.2 Å². The molecule has 0 aliphatic carbocycles. The van der Waals surface area contributed by atoms with Crippen LogP contribution in [0.4, 0.5) is 0 Å². The highest BCUT2D eigenvalue weighted by Gasteiger charge is 2.20. The number of carbonyl (C=O) groups excluding carboxylic acids is 1. The summed E-state index contributed by atoms with van der Waals surface area (Å²) in [4.78, 5) is 10.9. The third-order valence-corrected chi connectivity index (χ3v) is 3.67. The summed E-state index contributed by atoms with van der Waals surface area (Å²) in [6.07, 6.45) is 0. The van der Waals surface area contributed by atoms with Crippen molar-refractivity contribution in [3.8, 4) is 0 Å². The lowest BCUT2D eigenvalue weighted by atomic mass is 9.94. The first-order valence-corrected chi connectivity index (χ1v) is 9.13. The first-order valence-electron chi connectivity index (χ1n) is 9.13. The van der Waals surface area contributed by atoms with Crippen LogP contribution in [-0.4, -0.2) is 19.0 Å². The van der Waals surface area contributed by atoms with Gasteiger partial charge in [-0.25, -0.2) is 0 Å². The molecule has 0 aromatic heterocycles. The Bertz CT molecular complexity index is 632. The minimum Gasteiger partial charge on any atom is -0.347 e. The lowest BCUT2D eigenvalue weighted by Gasteiger charge is -2.26. The zero-order valence-electron chi connectivity index (χ0n) is 17.3. The quantitative estimate of drug-likeness (QED) is 0.662. The topological polar surface area (TPSA) is 107 Å². The van der Waals surface area contributed by atoms with Gasteiger partial charge in [-0.15, -0.1) is 0 Å². The second-order valence-electron chi connectivity index (χ2n) is 7.34. The number of nitrogens with one attached hydrogen (secondary N) is 1. The van der Waals surface area contributed by atoms with Crippen LogP contribution in [0.3, 0.4) is 0 Å². The molecule has 5 heteroatoms. The average molecular weight is 373 g/mol. The minimum atomic E-state index is -0.285. The third-order valence-electron chi connectivity index (χ3n) is 3.67. The molecule has 5 nitrogen and oxygen atoms in total. The van der Waals surface area contributed by atoms with E-state index in [1.165, 1.54) is 12.5 Å². The van der Waals surface area contributed by atoms with Gasteiger partial charge in [0.15, 0.2) is 0 Å². The van der Waals surface area contributed by atoms with E-state index in [0.717, 1.165) is 5.56 Å². The molecule has 150 valence electrons. The van der Waals surface area contributed by atoms with E-state index in [-0.39, 0.29) is 17.0 Å². The molecule has 27 heavy (non-hydrogen) atoms. The molecule has 0 atom stereocenters. The lowest BCUT2D eigenvalue weighted by Crippen LogP contribution is -2.39. The fourth-order valence-electron chi connectivity index (χ4n) is 2.23. The van der Waals surface area contributed by atoms with Gasteiger partial charge in [-0.2, -0.15) is 0 Å². The number of benzene rings is 2. The summed E-state index contributed by atoms with van der Waals surface area (Å²) < 4.78 is 0. The van der Waals surface area contributed by atoms with Gasteiger partial charge < -0.3 is 22.5 Å². The first kappa shape index (κ1) is 24.8.